The average molecular weight is 238 g/mol. The van der Waals surface area contributed by atoms with Crippen molar-refractivity contribution in [2.24, 2.45) is 5.92 Å². The maximum Gasteiger partial charge on any atom is 0.0956 e. The number of thiazole rings is 1. The molecule has 0 amide bonds. The van der Waals surface area contributed by atoms with E-state index in [4.69, 9.17) is 0 Å². The lowest BCUT2D eigenvalue weighted by atomic mass is 10.2. The maximum atomic E-state index is 4.65. The van der Waals surface area contributed by atoms with E-state index < -0.39 is 0 Å². The summed E-state index contributed by atoms with van der Waals surface area (Å²) < 4.78 is 0. The van der Waals surface area contributed by atoms with Gasteiger partial charge < -0.3 is 5.32 Å². The van der Waals surface area contributed by atoms with E-state index in [0.29, 0.717) is 12.0 Å². The van der Waals surface area contributed by atoms with Crippen LogP contribution in [0.2, 0.25) is 0 Å². The van der Waals surface area contributed by atoms with Crippen LogP contribution in [0.15, 0.2) is 0 Å². The molecule has 1 unspecified atom stereocenters. The van der Waals surface area contributed by atoms with Crippen molar-refractivity contribution >= 4 is 11.3 Å². The first-order valence-corrected chi connectivity index (χ1v) is 7.10. The predicted octanol–water partition coefficient (Wildman–Crippen LogP) is 3.64. The molecule has 0 radical (unpaired) electrons. The Hall–Kier alpha value is -0.410. The second-order valence-electron chi connectivity index (χ2n) is 5.23. The highest BCUT2D eigenvalue weighted by atomic mass is 32.1. The van der Waals surface area contributed by atoms with Crippen molar-refractivity contribution in [3.63, 3.8) is 0 Å². The standard InChI is InChI=1S/C13H22N2S/c1-8(2)13-15-10(4)12(16-13)9(3)14-7-11-5-6-11/h8-9,11,14H,5-7H2,1-4H3. The van der Waals surface area contributed by atoms with Crippen LogP contribution in [0.3, 0.4) is 0 Å². The van der Waals surface area contributed by atoms with Crippen LogP contribution < -0.4 is 5.32 Å². The van der Waals surface area contributed by atoms with Gasteiger partial charge in [-0.25, -0.2) is 4.98 Å². The molecule has 0 aliphatic heterocycles. The van der Waals surface area contributed by atoms with E-state index in [2.05, 4.69) is 38.0 Å². The molecular weight excluding hydrogens is 216 g/mol. The third-order valence-electron chi connectivity index (χ3n) is 3.15. The Morgan fingerprint density at radius 2 is 2.06 bits per heavy atom. The summed E-state index contributed by atoms with van der Waals surface area (Å²) in [4.78, 5) is 6.07. The molecule has 1 N–H and O–H groups in total. The van der Waals surface area contributed by atoms with Gasteiger partial charge in [-0.1, -0.05) is 13.8 Å². The zero-order chi connectivity index (χ0) is 11.7. The minimum atomic E-state index is 0.464. The third-order valence-corrected chi connectivity index (χ3v) is 4.79. The Morgan fingerprint density at radius 3 is 2.56 bits per heavy atom. The molecule has 1 atom stereocenters. The summed E-state index contributed by atoms with van der Waals surface area (Å²) in [6.45, 7) is 9.99. The lowest BCUT2D eigenvalue weighted by Gasteiger charge is -2.12. The van der Waals surface area contributed by atoms with Crippen LogP contribution in [-0.4, -0.2) is 11.5 Å². The molecule has 2 nitrogen and oxygen atoms in total. The Morgan fingerprint density at radius 1 is 1.38 bits per heavy atom. The van der Waals surface area contributed by atoms with Crippen molar-refractivity contribution in [3.05, 3.63) is 15.6 Å². The quantitative estimate of drug-likeness (QED) is 0.847. The van der Waals surface area contributed by atoms with Crippen LogP contribution >= 0.6 is 11.3 Å². The molecule has 3 heteroatoms. The molecule has 1 aromatic heterocycles. The smallest absolute Gasteiger partial charge is 0.0956 e. The molecule has 1 aliphatic carbocycles. The van der Waals surface area contributed by atoms with Gasteiger partial charge in [0.25, 0.3) is 0 Å². The Bertz CT molecular complexity index is 353. The molecule has 1 aromatic rings. The highest BCUT2D eigenvalue weighted by Crippen LogP contribution is 2.31. The molecule has 90 valence electrons. The van der Waals surface area contributed by atoms with Crippen LogP contribution in [0.5, 0.6) is 0 Å². The fourth-order valence-electron chi connectivity index (χ4n) is 1.84. The molecule has 1 heterocycles. The number of hydrogen-bond donors (Lipinski definition) is 1. The summed E-state index contributed by atoms with van der Waals surface area (Å²) in [5, 5.41) is 4.90. The topological polar surface area (TPSA) is 24.9 Å². The van der Waals surface area contributed by atoms with Gasteiger partial charge in [0.15, 0.2) is 0 Å². The van der Waals surface area contributed by atoms with Gasteiger partial charge in [-0.15, -0.1) is 11.3 Å². The van der Waals surface area contributed by atoms with Gasteiger partial charge in [0, 0.05) is 16.8 Å². The fourth-order valence-corrected chi connectivity index (χ4v) is 2.93. The SMILES string of the molecule is Cc1nc(C(C)C)sc1C(C)NCC1CC1. The van der Waals surface area contributed by atoms with E-state index in [0.717, 1.165) is 5.92 Å². The van der Waals surface area contributed by atoms with E-state index in [1.165, 1.54) is 35.0 Å². The van der Waals surface area contributed by atoms with Gasteiger partial charge in [0.05, 0.1) is 10.7 Å². The highest BCUT2D eigenvalue weighted by Gasteiger charge is 2.23. The van der Waals surface area contributed by atoms with Gasteiger partial charge in [-0.05, 0) is 39.2 Å². The van der Waals surface area contributed by atoms with E-state index in [1.807, 2.05) is 11.3 Å². The average Bonchev–Trinajstić information content (AvgIpc) is 2.97. The van der Waals surface area contributed by atoms with Gasteiger partial charge in [-0.3, -0.25) is 0 Å². The fraction of sp³-hybridized carbons (Fsp3) is 0.769. The second-order valence-corrected chi connectivity index (χ2v) is 6.29. The molecule has 1 saturated carbocycles. The molecule has 0 bridgehead atoms. The molecule has 1 aliphatic rings. The minimum absolute atomic E-state index is 0.464. The number of hydrogen-bond acceptors (Lipinski definition) is 3. The molecule has 0 spiro atoms. The van der Waals surface area contributed by atoms with Crippen molar-refractivity contribution in [1.29, 1.82) is 0 Å². The van der Waals surface area contributed by atoms with Crippen molar-refractivity contribution in [3.8, 4) is 0 Å². The van der Waals surface area contributed by atoms with Gasteiger partial charge in [0.1, 0.15) is 0 Å². The summed E-state index contributed by atoms with van der Waals surface area (Å²) >= 11 is 1.87. The summed E-state index contributed by atoms with van der Waals surface area (Å²) in [6.07, 6.45) is 2.83. The summed E-state index contributed by atoms with van der Waals surface area (Å²) in [5.74, 6) is 1.49. The lowest BCUT2D eigenvalue weighted by molar-refractivity contribution is 0.552. The van der Waals surface area contributed by atoms with Crippen molar-refractivity contribution in [2.75, 3.05) is 6.54 Å². The number of nitrogens with zero attached hydrogens (tertiary/aromatic N) is 1. The Labute approximate surface area is 102 Å². The molecule has 2 rings (SSSR count). The van der Waals surface area contributed by atoms with E-state index in [1.54, 1.807) is 0 Å². The molecular formula is C13H22N2S. The van der Waals surface area contributed by atoms with E-state index >= 15 is 0 Å². The number of aryl methyl sites for hydroxylation is 1. The first kappa shape index (κ1) is 12.1. The summed E-state index contributed by atoms with van der Waals surface area (Å²) in [6, 6.07) is 0.464. The van der Waals surface area contributed by atoms with Crippen molar-refractivity contribution in [2.45, 2.75) is 52.5 Å². The monoisotopic (exact) mass is 238 g/mol. The van der Waals surface area contributed by atoms with Crippen LogP contribution in [0, 0.1) is 12.8 Å². The third kappa shape index (κ3) is 2.83. The first-order chi connectivity index (χ1) is 7.58. The number of nitrogens with one attached hydrogen (secondary N) is 1. The molecule has 1 fully saturated rings. The molecule has 0 saturated heterocycles. The molecule has 0 aromatic carbocycles. The van der Waals surface area contributed by atoms with Crippen molar-refractivity contribution < 1.29 is 0 Å². The first-order valence-electron chi connectivity index (χ1n) is 6.28. The zero-order valence-electron chi connectivity index (χ0n) is 10.7. The van der Waals surface area contributed by atoms with Gasteiger partial charge in [-0.2, -0.15) is 0 Å². The van der Waals surface area contributed by atoms with Gasteiger partial charge in [0.2, 0.25) is 0 Å². The van der Waals surface area contributed by atoms with E-state index in [9.17, 15) is 0 Å². The van der Waals surface area contributed by atoms with Crippen molar-refractivity contribution in [1.82, 2.24) is 10.3 Å². The van der Waals surface area contributed by atoms with Crippen LogP contribution in [-0.2, 0) is 0 Å². The number of aromatic nitrogens is 1. The summed E-state index contributed by atoms with van der Waals surface area (Å²) in [5.41, 5.74) is 1.21. The Balaban J connectivity index is 1.99. The number of rotatable bonds is 5. The van der Waals surface area contributed by atoms with Crippen LogP contribution in [0.4, 0.5) is 0 Å². The zero-order valence-corrected chi connectivity index (χ0v) is 11.5. The predicted molar refractivity (Wildman–Crippen MR) is 70.1 cm³/mol. The second kappa shape index (κ2) is 4.84. The lowest BCUT2D eigenvalue weighted by Crippen LogP contribution is -2.20. The Kier molecular flexibility index (Phi) is 3.65. The highest BCUT2D eigenvalue weighted by molar-refractivity contribution is 7.11. The van der Waals surface area contributed by atoms with Crippen LogP contribution in [0.25, 0.3) is 0 Å². The maximum absolute atomic E-state index is 4.65. The van der Waals surface area contributed by atoms with Crippen LogP contribution in [0.1, 0.15) is 61.2 Å². The molecule has 16 heavy (non-hydrogen) atoms. The summed E-state index contributed by atoms with van der Waals surface area (Å²) in [7, 11) is 0. The van der Waals surface area contributed by atoms with Gasteiger partial charge >= 0.3 is 0 Å². The largest absolute Gasteiger partial charge is 0.309 e. The normalized spacial score (nSPS) is 18.1. The van der Waals surface area contributed by atoms with E-state index in [-0.39, 0.29) is 0 Å². The minimum Gasteiger partial charge on any atom is -0.309 e.